The number of aromatic nitrogens is 4. The number of halogens is 3. The van der Waals surface area contributed by atoms with Crippen LogP contribution in [0.5, 0.6) is 0 Å². The molecular formula is C14H21Cl3N6O. The molecule has 1 amide bonds. The number of aromatic amines is 1. The number of hydrogen-bond donors (Lipinski definition) is 3. The molecular weight excluding hydrogens is 375 g/mol. The maximum absolute atomic E-state index is 12.3. The topological polar surface area (TPSA) is 87.6 Å². The molecule has 0 fully saturated rings. The van der Waals surface area contributed by atoms with Crippen LogP contribution in [0, 0.1) is 13.8 Å². The SMILES string of the molecule is Cc1nn(CCNC(=O)C2NCCc3[nH]cnc32)c(C)c1Cl.Cl.Cl. The summed E-state index contributed by atoms with van der Waals surface area (Å²) in [6, 6.07) is -0.390. The minimum absolute atomic E-state index is 0. The van der Waals surface area contributed by atoms with Crippen molar-refractivity contribution in [3.05, 3.63) is 34.1 Å². The molecule has 0 saturated heterocycles. The number of amides is 1. The number of carbonyl (C=O) groups excluding carboxylic acids is 1. The van der Waals surface area contributed by atoms with Gasteiger partial charge in [-0.1, -0.05) is 11.6 Å². The van der Waals surface area contributed by atoms with E-state index in [4.69, 9.17) is 11.6 Å². The van der Waals surface area contributed by atoms with Gasteiger partial charge in [-0.3, -0.25) is 9.48 Å². The number of imidazole rings is 1. The minimum atomic E-state index is -0.390. The quantitative estimate of drug-likeness (QED) is 0.735. The minimum Gasteiger partial charge on any atom is -0.353 e. The first kappa shape index (κ1) is 20.8. The Kier molecular flexibility index (Phi) is 7.54. The maximum atomic E-state index is 12.3. The zero-order chi connectivity index (χ0) is 15.7. The smallest absolute Gasteiger partial charge is 0.243 e. The lowest BCUT2D eigenvalue weighted by Gasteiger charge is -2.22. The van der Waals surface area contributed by atoms with E-state index in [9.17, 15) is 4.79 Å². The highest BCUT2D eigenvalue weighted by molar-refractivity contribution is 6.31. The van der Waals surface area contributed by atoms with Crippen molar-refractivity contribution in [1.82, 2.24) is 30.4 Å². The van der Waals surface area contributed by atoms with E-state index in [1.807, 2.05) is 18.5 Å². The number of rotatable bonds is 4. The lowest BCUT2D eigenvalue weighted by atomic mass is 10.1. The molecule has 1 aliphatic heterocycles. The first-order valence-electron chi connectivity index (χ1n) is 7.30. The fraction of sp³-hybridized carbons (Fsp3) is 0.500. The summed E-state index contributed by atoms with van der Waals surface area (Å²) in [5.41, 5.74) is 3.54. The molecule has 1 atom stereocenters. The predicted octanol–water partition coefficient (Wildman–Crippen LogP) is 1.72. The summed E-state index contributed by atoms with van der Waals surface area (Å²) >= 11 is 6.11. The Morgan fingerprint density at radius 2 is 2.21 bits per heavy atom. The van der Waals surface area contributed by atoms with Gasteiger partial charge < -0.3 is 15.6 Å². The van der Waals surface area contributed by atoms with Crippen LogP contribution in [0.3, 0.4) is 0 Å². The van der Waals surface area contributed by atoms with Crippen LogP contribution in [0.4, 0.5) is 0 Å². The number of aryl methyl sites for hydroxylation is 1. The van der Waals surface area contributed by atoms with Gasteiger partial charge in [0.2, 0.25) is 5.91 Å². The molecule has 24 heavy (non-hydrogen) atoms. The normalized spacial score (nSPS) is 15.9. The van der Waals surface area contributed by atoms with E-state index in [1.165, 1.54) is 0 Å². The van der Waals surface area contributed by atoms with Crippen LogP contribution in [-0.2, 0) is 17.8 Å². The number of fused-ring (bicyclic) bond motifs is 1. The standard InChI is InChI=1S/C14H19ClN6O.2ClH/c1-8-11(15)9(2)21(20-8)6-5-17-14(22)13-12-10(3-4-16-13)18-7-19-12;;/h7,13,16H,3-6H2,1-2H3,(H,17,22)(H,18,19);2*1H. The Balaban J connectivity index is 0.00000144. The van der Waals surface area contributed by atoms with Crippen LogP contribution in [0.25, 0.3) is 0 Å². The van der Waals surface area contributed by atoms with Gasteiger partial charge in [0.1, 0.15) is 6.04 Å². The number of hydrogen-bond acceptors (Lipinski definition) is 4. The van der Waals surface area contributed by atoms with Gasteiger partial charge in [-0.15, -0.1) is 24.8 Å². The number of carbonyl (C=O) groups is 1. The Bertz CT molecular complexity index is 699. The van der Waals surface area contributed by atoms with E-state index in [2.05, 4.69) is 25.7 Å². The molecule has 0 radical (unpaired) electrons. The maximum Gasteiger partial charge on any atom is 0.243 e. The van der Waals surface area contributed by atoms with Crippen molar-refractivity contribution in [2.24, 2.45) is 0 Å². The molecule has 2 aromatic heterocycles. The molecule has 0 saturated carbocycles. The lowest BCUT2D eigenvalue weighted by molar-refractivity contribution is -0.123. The fourth-order valence-electron chi connectivity index (χ4n) is 2.72. The highest BCUT2D eigenvalue weighted by atomic mass is 35.5. The van der Waals surface area contributed by atoms with E-state index >= 15 is 0 Å². The van der Waals surface area contributed by atoms with Gasteiger partial charge in [0.15, 0.2) is 0 Å². The third kappa shape index (κ3) is 4.03. The Morgan fingerprint density at radius 3 is 2.88 bits per heavy atom. The summed E-state index contributed by atoms with van der Waals surface area (Å²) in [5, 5.41) is 11.2. The molecule has 0 bridgehead atoms. The van der Waals surface area contributed by atoms with Crippen LogP contribution in [0.1, 0.15) is 28.8 Å². The largest absolute Gasteiger partial charge is 0.353 e. The Hall–Kier alpha value is -1.28. The van der Waals surface area contributed by atoms with Gasteiger partial charge in [0.25, 0.3) is 0 Å². The summed E-state index contributed by atoms with van der Waals surface area (Å²) in [6.45, 7) is 5.64. The van der Waals surface area contributed by atoms with Crippen molar-refractivity contribution in [3.8, 4) is 0 Å². The molecule has 134 valence electrons. The Labute approximate surface area is 157 Å². The highest BCUT2D eigenvalue weighted by Gasteiger charge is 2.28. The third-order valence-corrected chi connectivity index (χ3v) is 4.47. The van der Waals surface area contributed by atoms with E-state index in [-0.39, 0.29) is 36.8 Å². The van der Waals surface area contributed by atoms with Gasteiger partial charge in [0.05, 0.1) is 35.0 Å². The van der Waals surface area contributed by atoms with Crippen molar-refractivity contribution in [2.75, 3.05) is 13.1 Å². The second-order valence-corrected chi connectivity index (χ2v) is 5.78. The molecule has 1 aliphatic rings. The molecule has 3 heterocycles. The molecule has 1 unspecified atom stereocenters. The van der Waals surface area contributed by atoms with Crippen LogP contribution >= 0.6 is 36.4 Å². The lowest BCUT2D eigenvalue weighted by Crippen LogP contribution is -2.42. The van der Waals surface area contributed by atoms with E-state index < -0.39 is 0 Å². The molecule has 7 nitrogen and oxygen atoms in total. The van der Waals surface area contributed by atoms with Gasteiger partial charge in [-0.05, 0) is 13.8 Å². The van der Waals surface area contributed by atoms with E-state index in [1.54, 1.807) is 6.33 Å². The van der Waals surface area contributed by atoms with E-state index in [0.29, 0.717) is 18.1 Å². The molecule has 0 spiro atoms. The zero-order valence-electron chi connectivity index (χ0n) is 13.4. The third-order valence-electron chi connectivity index (χ3n) is 3.93. The van der Waals surface area contributed by atoms with Crippen molar-refractivity contribution in [2.45, 2.75) is 32.9 Å². The summed E-state index contributed by atoms with van der Waals surface area (Å²) in [6.07, 6.45) is 2.50. The van der Waals surface area contributed by atoms with Crippen LogP contribution < -0.4 is 10.6 Å². The second kappa shape index (κ2) is 8.71. The van der Waals surface area contributed by atoms with Crippen LogP contribution in [-0.4, -0.2) is 38.7 Å². The number of H-pyrrole nitrogens is 1. The van der Waals surface area contributed by atoms with Crippen LogP contribution in [0.15, 0.2) is 6.33 Å². The van der Waals surface area contributed by atoms with Crippen molar-refractivity contribution in [3.63, 3.8) is 0 Å². The van der Waals surface area contributed by atoms with Gasteiger partial charge >= 0.3 is 0 Å². The highest BCUT2D eigenvalue weighted by Crippen LogP contribution is 2.20. The summed E-state index contributed by atoms with van der Waals surface area (Å²) in [7, 11) is 0. The molecule has 2 aromatic rings. The number of nitrogens with zero attached hydrogens (tertiary/aromatic N) is 3. The monoisotopic (exact) mass is 394 g/mol. The van der Waals surface area contributed by atoms with E-state index in [0.717, 1.165) is 35.7 Å². The molecule has 0 aromatic carbocycles. The zero-order valence-corrected chi connectivity index (χ0v) is 15.8. The first-order valence-corrected chi connectivity index (χ1v) is 7.68. The predicted molar refractivity (Wildman–Crippen MR) is 97.3 cm³/mol. The molecule has 3 N–H and O–H groups in total. The summed E-state index contributed by atoms with van der Waals surface area (Å²) in [5.74, 6) is -0.0688. The fourth-order valence-corrected chi connectivity index (χ4v) is 2.85. The second-order valence-electron chi connectivity index (χ2n) is 5.40. The van der Waals surface area contributed by atoms with Crippen molar-refractivity contribution in [1.29, 1.82) is 0 Å². The summed E-state index contributed by atoms with van der Waals surface area (Å²) in [4.78, 5) is 19.6. The van der Waals surface area contributed by atoms with Crippen molar-refractivity contribution < 1.29 is 4.79 Å². The van der Waals surface area contributed by atoms with Gasteiger partial charge in [0, 0.05) is 25.2 Å². The van der Waals surface area contributed by atoms with Crippen LogP contribution in [0.2, 0.25) is 5.02 Å². The summed E-state index contributed by atoms with van der Waals surface area (Å²) < 4.78 is 1.81. The van der Waals surface area contributed by atoms with Gasteiger partial charge in [-0.2, -0.15) is 5.10 Å². The Morgan fingerprint density at radius 1 is 1.46 bits per heavy atom. The molecule has 3 rings (SSSR count). The first-order chi connectivity index (χ1) is 10.6. The average Bonchev–Trinajstić information content (AvgIpc) is 3.08. The van der Waals surface area contributed by atoms with Crippen molar-refractivity contribution >= 4 is 42.3 Å². The average molecular weight is 396 g/mol. The van der Waals surface area contributed by atoms with Gasteiger partial charge in [-0.25, -0.2) is 4.98 Å². The molecule has 10 heteroatoms. The molecule has 0 aliphatic carbocycles. The number of nitrogens with one attached hydrogen (secondary N) is 3.